The first-order valence-corrected chi connectivity index (χ1v) is 21.4. The monoisotopic (exact) mass is 872 g/mol. The van der Waals surface area contributed by atoms with Gasteiger partial charge in [0.15, 0.2) is 6.04 Å². The highest BCUT2D eigenvalue weighted by molar-refractivity contribution is 5.98. The lowest BCUT2D eigenvalue weighted by molar-refractivity contribution is -0.159. The predicted octanol–water partition coefficient (Wildman–Crippen LogP) is 3.36. The molecule has 3 heterocycles. The fourth-order valence-electron chi connectivity index (χ4n) is 8.90. The van der Waals surface area contributed by atoms with Crippen molar-refractivity contribution < 1.29 is 57.6 Å². The highest BCUT2D eigenvalue weighted by Gasteiger charge is 2.57. The Morgan fingerprint density at radius 2 is 0.903 bits per heavy atom. The molecule has 0 bridgehead atoms. The molecule has 62 heavy (non-hydrogen) atoms. The van der Waals surface area contributed by atoms with E-state index in [4.69, 9.17) is 18.9 Å². The van der Waals surface area contributed by atoms with Crippen LogP contribution in [0.2, 0.25) is 0 Å². The minimum atomic E-state index is -1.37. The van der Waals surface area contributed by atoms with Crippen molar-refractivity contribution in [2.45, 2.75) is 182 Å². The summed E-state index contributed by atoms with van der Waals surface area (Å²) >= 11 is 0. The first-order valence-electron chi connectivity index (χ1n) is 21.4. The zero-order chi connectivity index (χ0) is 47.0. The van der Waals surface area contributed by atoms with E-state index < -0.39 is 131 Å². The molecule has 346 valence electrons. The third-order valence-electron chi connectivity index (χ3n) is 11.7. The quantitative estimate of drug-likeness (QED) is 0.211. The van der Waals surface area contributed by atoms with Crippen LogP contribution in [-0.2, 0) is 54.3 Å². The van der Waals surface area contributed by atoms with E-state index in [-0.39, 0.29) is 6.61 Å². The molecule has 3 aliphatic heterocycles. The van der Waals surface area contributed by atoms with Crippen molar-refractivity contribution in [3.63, 3.8) is 0 Å². The van der Waals surface area contributed by atoms with Gasteiger partial charge < -0.3 is 40.0 Å². The molecule has 6 amide bonds. The number of carbonyl (C=O) groups excluding carboxylic acids is 6. The molecule has 0 aromatic heterocycles. The number of nitrogens with one attached hydrogen (secondary N) is 3. The Morgan fingerprint density at radius 1 is 0.581 bits per heavy atom. The summed E-state index contributed by atoms with van der Waals surface area (Å²) in [5.41, 5.74) is -3.23. The molecule has 9 atom stereocenters. The molecule has 0 saturated carbocycles. The molecular weight excluding hydrogens is 805 g/mol. The van der Waals surface area contributed by atoms with Crippen LogP contribution in [0.5, 0.6) is 0 Å². The molecule has 0 radical (unpaired) electrons. The lowest BCUT2D eigenvalue weighted by Gasteiger charge is -2.39. The van der Waals surface area contributed by atoms with Gasteiger partial charge in [0.05, 0.1) is 18.3 Å². The van der Waals surface area contributed by atoms with Crippen molar-refractivity contribution in [3.05, 3.63) is 35.9 Å². The van der Waals surface area contributed by atoms with Crippen LogP contribution in [0.1, 0.15) is 109 Å². The Morgan fingerprint density at radius 3 is 1.24 bits per heavy atom. The number of carboxylic acid groups (broad SMARTS) is 1. The highest BCUT2D eigenvalue weighted by Crippen LogP contribution is 2.37. The fourth-order valence-corrected chi connectivity index (χ4v) is 8.90. The number of ether oxygens (including phenoxy) is 4. The van der Waals surface area contributed by atoms with Crippen LogP contribution in [0.3, 0.4) is 0 Å². The molecule has 4 N–H and O–H groups in total. The Kier molecular flexibility index (Phi) is 15.2. The van der Waals surface area contributed by atoms with Gasteiger partial charge in [-0.3, -0.25) is 38.7 Å². The van der Waals surface area contributed by atoms with Crippen LogP contribution in [0.4, 0.5) is 4.79 Å². The number of carbonyl (C=O) groups is 7. The summed E-state index contributed by atoms with van der Waals surface area (Å²) in [5.74, 6) is -6.09. The number of rotatable bonds is 14. The first-order chi connectivity index (χ1) is 28.5. The Labute approximate surface area is 365 Å². The summed E-state index contributed by atoms with van der Waals surface area (Å²) in [6, 6.07) is 1.65. The second-order valence-corrected chi connectivity index (χ2v) is 19.0. The Balaban J connectivity index is 1.59. The van der Waals surface area contributed by atoms with Crippen molar-refractivity contribution in [2.24, 2.45) is 17.8 Å². The van der Waals surface area contributed by atoms with Gasteiger partial charge in [0.25, 0.3) is 0 Å². The van der Waals surface area contributed by atoms with Crippen molar-refractivity contribution >= 4 is 41.6 Å². The van der Waals surface area contributed by atoms with Crippen LogP contribution >= 0.6 is 0 Å². The van der Waals surface area contributed by atoms with Gasteiger partial charge in [-0.25, -0.2) is 9.59 Å². The fraction of sp³-hybridized carbons (Fsp3) is 0.705. The zero-order valence-corrected chi connectivity index (χ0v) is 38.8. The number of hydrogen-bond donors (Lipinski definition) is 4. The van der Waals surface area contributed by atoms with Gasteiger partial charge in [-0.1, -0.05) is 71.9 Å². The third-order valence-corrected chi connectivity index (χ3v) is 11.7. The zero-order valence-electron chi connectivity index (χ0n) is 38.8. The number of hydrogen-bond acceptors (Lipinski definition) is 11. The first kappa shape index (κ1) is 49.8. The van der Waals surface area contributed by atoms with Gasteiger partial charge in [-0.15, -0.1) is 0 Å². The molecule has 18 nitrogen and oxygen atoms in total. The summed E-state index contributed by atoms with van der Waals surface area (Å²) in [6.07, 6.45) is -3.37. The molecule has 3 fully saturated rings. The van der Waals surface area contributed by atoms with Crippen LogP contribution in [-0.4, -0.2) is 133 Å². The number of benzene rings is 1. The van der Waals surface area contributed by atoms with E-state index in [1.165, 1.54) is 9.80 Å². The predicted molar refractivity (Wildman–Crippen MR) is 225 cm³/mol. The summed E-state index contributed by atoms with van der Waals surface area (Å²) < 4.78 is 23.6. The van der Waals surface area contributed by atoms with Gasteiger partial charge in [0, 0.05) is 0 Å². The molecule has 18 heteroatoms. The van der Waals surface area contributed by atoms with Gasteiger partial charge in [-0.2, -0.15) is 0 Å². The summed E-state index contributed by atoms with van der Waals surface area (Å²) in [6.45, 7) is 24.8. The van der Waals surface area contributed by atoms with Gasteiger partial charge in [-0.05, 0) is 85.6 Å². The largest absolute Gasteiger partial charge is 0.480 e. The number of carboxylic acids is 1. The molecule has 3 saturated heterocycles. The third kappa shape index (κ3) is 10.3. The average Bonchev–Trinajstić information content (AvgIpc) is 3.67. The molecule has 3 aliphatic rings. The second-order valence-electron chi connectivity index (χ2n) is 19.0. The maximum atomic E-state index is 14.8. The number of amides is 6. The molecule has 1 aromatic rings. The van der Waals surface area contributed by atoms with Crippen LogP contribution in [0.25, 0.3) is 0 Å². The van der Waals surface area contributed by atoms with Gasteiger partial charge in [0.1, 0.15) is 54.0 Å². The van der Waals surface area contributed by atoms with Crippen molar-refractivity contribution in [2.75, 3.05) is 0 Å². The molecule has 0 aliphatic carbocycles. The van der Waals surface area contributed by atoms with E-state index in [1.807, 2.05) is 18.2 Å². The average molecular weight is 873 g/mol. The van der Waals surface area contributed by atoms with Gasteiger partial charge in [0.2, 0.25) is 29.5 Å². The Hall–Kier alpha value is -4.81. The summed E-state index contributed by atoms with van der Waals surface area (Å²) in [4.78, 5) is 101. The molecule has 0 spiro atoms. The molecule has 4 rings (SSSR count). The smallest absolute Gasteiger partial charge is 0.408 e. The van der Waals surface area contributed by atoms with Crippen LogP contribution < -0.4 is 16.0 Å². The Bertz CT molecular complexity index is 1850. The maximum Gasteiger partial charge on any atom is 0.408 e. The summed E-state index contributed by atoms with van der Waals surface area (Å²) in [7, 11) is 0. The molecular formula is C44H68N6O12. The lowest BCUT2D eigenvalue weighted by atomic mass is 9.97. The van der Waals surface area contributed by atoms with Gasteiger partial charge >= 0.3 is 12.1 Å². The number of aliphatic carboxylic acids is 1. The topological polar surface area (TPSA) is 222 Å². The molecule has 0 unspecified atom stereocenters. The summed E-state index contributed by atoms with van der Waals surface area (Å²) in [5, 5.41) is 18.4. The highest BCUT2D eigenvalue weighted by atomic mass is 16.6. The lowest BCUT2D eigenvalue weighted by Crippen LogP contribution is -2.65. The maximum absolute atomic E-state index is 14.8. The minimum absolute atomic E-state index is 0.0216. The standard InChI is InChI=1S/C44H68N6O12/c1-22(2)29(45-36(52)33-26(8)61-43(12,13)49(33)39(55)31(24(5)6)47-41(58)59-21-28-19-17-16-18-20-28)37(53)48-32(25(7)60-42(48,10)11)35(51)46-30(23(3)4)38(54)50-34(40(56)57)27(9)62-44(50,14)15/h16-20,22-27,29-34H,21H2,1-15H3,(H,45,52)(H,46,51)(H,47,58)(H,56,57)/t25-,26-,27-,29+,30+,31+,32+,33+,34+/m1/s1. The normalized spacial score (nSPS) is 26.6. The van der Waals surface area contributed by atoms with Crippen molar-refractivity contribution in [1.29, 1.82) is 0 Å². The molecule has 1 aromatic carbocycles. The SMILES string of the molecule is CC(C)[C@H](NC(=O)[C@@H]1[C@@H](C)OC(C)(C)N1C(=O)[C@@H](NC(=O)[C@@H]1[C@@H](C)OC(C)(C)N1C(=O)[C@@H](NC(=O)OCc1ccccc1)C(C)C)C(C)C)C(=O)N1[C@H](C(=O)O)[C@@H](C)OC1(C)C. The van der Waals surface area contributed by atoms with Crippen molar-refractivity contribution in [1.82, 2.24) is 30.7 Å². The number of nitrogens with zero attached hydrogens (tertiary/aromatic N) is 3. The van der Waals surface area contributed by atoms with Crippen molar-refractivity contribution in [3.8, 4) is 0 Å². The van der Waals surface area contributed by atoms with Crippen LogP contribution in [0.15, 0.2) is 30.3 Å². The minimum Gasteiger partial charge on any atom is -0.480 e. The van der Waals surface area contributed by atoms with E-state index in [0.29, 0.717) is 0 Å². The van der Waals surface area contributed by atoms with E-state index >= 15 is 0 Å². The number of alkyl carbamates (subject to hydrolysis) is 1. The van der Waals surface area contributed by atoms with E-state index in [0.717, 1.165) is 10.5 Å². The van der Waals surface area contributed by atoms with Crippen LogP contribution in [0, 0.1) is 17.8 Å². The van der Waals surface area contributed by atoms with E-state index in [2.05, 4.69) is 16.0 Å². The van der Waals surface area contributed by atoms with E-state index in [9.17, 15) is 38.7 Å². The van der Waals surface area contributed by atoms with E-state index in [1.54, 1.807) is 116 Å². The second kappa shape index (κ2) is 18.9.